The van der Waals surface area contributed by atoms with E-state index >= 15 is 0 Å². The maximum Gasteiger partial charge on any atom is 0.412 e. The molecule has 7 heteroatoms. The van der Waals surface area contributed by atoms with Crippen molar-refractivity contribution in [3.8, 4) is 5.75 Å². The lowest BCUT2D eigenvalue weighted by atomic mass is 9.92. The Morgan fingerprint density at radius 1 is 1.17 bits per heavy atom. The van der Waals surface area contributed by atoms with Gasteiger partial charge in [0.15, 0.2) is 0 Å². The Morgan fingerprint density at radius 2 is 2.00 bits per heavy atom. The number of aromatic nitrogens is 2. The zero-order valence-corrected chi connectivity index (χ0v) is 17.8. The highest BCUT2D eigenvalue weighted by Gasteiger charge is 2.20. The summed E-state index contributed by atoms with van der Waals surface area (Å²) in [6.45, 7) is 0.944. The van der Waals surface area contributed by atoms with Crippen LogP contribution in [-0.4, -0.2) is 22.4 Å². The third-order valence-corrected chi connectivity index (χ3v) is 5.58. The van der Waals surface area contributed by atoms with Gasteiger partial charge in [-0.15, -0.1) is 0 Å². The van der Waals surface area contributed by atoms with Crippen LogP contribution in [0, 0.1) is 0 Å². The van der Waals surface area contributed by atoms with Gasteiger partial charge in [-0.2, -0.15) is 5.10 Å². The van der Waals surface area contributed by atoms with Crippen LogP contribution >= 0.6 is 23.2 Å². The fourth-order valence-electron chi connectivity index (χ4n) is 3.59. The fraction of sp³-hybridized carbons (Fsp3) is 0.217. The van der Waals surface area contributed by atoms with Gasteiger partial charge in [0, 0.05) is 16.6 Å². The van der Waals surface area contributed by atoms with Crippen LogP contribution in [0.4, 0.5) is 4.79 Å². The Bertz CT molecular complexity index is 1080. The van der Waals surface area contributed by atoms with Crippen LogP contribution in [0.5, 0.6) is 5.75 Å². The second kappa shape index (κ2) is 9.37. The highest BCUT2D eigenvalue weighted by molar-refractivity contribution is 6.35. The summed E-state index contributed by atoms with van der Waals surface area (Å²) in [6.07, 6.45) is 6.46. The van der Waals surface area contributed by atoms with E-state index < -0.39 is 6.09 Å². The number of ether oxygens (including phenoxy) is 1. The Labute approximate surface area is 185 Å². The number of hydrogen-bond donors (Lipinski definition) is 1. The highest BCUT2D eigenvalue weighted by atomic mass is 35.5. The SMILES string of the molecule is O=C(NC/C=C1\CCCc2cnn(Cc3ccc(Cl)cc3Cl)c21)Oc1ccccc1. The van der Waals surface area contributed by atoms with Gasteiger partial charge in [0.05, 0.1) is 18.4 Å². The van der Waals surface area contributed by atoms with E-state index in [0.717, 1.165) is 30.5 Å². The number of fused-ring (bicyclic) bond motifs is 1. The normalized spacial score (nSPS) is 14.4. The smallest absolute Gasteiger partial charge is 0.410 e. The molecule has 0 fully saturated rings. The number of hydrogen-bond acceptors (Lipinski definition) is 3. The molecule has 0 unspecified atom stereocenters. The minimum atomic E-state index is -0.476. The van der Waals surface area contributed by atoms with Gasteiger partial charge in [-0.25, -0.2) is 4.79 Å². The van der Waals surface area contributed by atoms with Crippen molar-refractivity contribution in [1.29, 1.82) is 0 Å². The number of carbonyl (C=O) groups excluding carboxylic acids is 1. The van der Waals surface area contributed by atoms with Crippen LogP contribution in [-0.2, 0) is 13.0 Å². The number of halogens is 2. The minimum absolute atomic E-state index is 0.382. The highest BCUT2D eigenvalue weighted by Crippen LogP contribution is 2.31. The summed E-state index contributed by atoms with van der Waals surface area (Å²) in [5, 5.41) is 8.60. The molecule has 0 spiro atoms. The van der Waals surface area contributed by atoms with Gasteiger partial charge in [-0.1, -0.05) is 53.5 Å². The second-order valence-corrected chi connectivity index (χ2v) is 7.92. The number of nitrogens with one attached hydrogen (secondary N) is 1. The first-order valence-electron chi connectivity index (χ1n) is 9.79. The zero-order valence-electron chi connectivity index (χ0n) is 16.3. The lowest BCUT2D eigenvalue weighted by Gasteiger charge is -2.18. The molecule has 0 bridgehead atoms. The molecule has 1 amide bonds. The first kappa shape index (κ1) is 20.5. The maximum absolute atomic E-state index is 12.0. The predicted octanol–water partition coefficient (Wildman–Crippen LogP) is 5.75. The molecule has 0 radical (unpaired) electrons. The molecule has 1 N–H and O–H groups in total. The number of para-hydroxylation sites is 1. The van der Waals surface area contributed by atoms with Crippen molar-refractivity contribution in [2.75, 3.05) is 6.54 Å². The summed E-state index contributed by atoms with van der Waals surface area (Å²) in [4.78, 5) is 12.0. The number of allylic oxidation sites excluding steroid dienone is 1. The van der Waals surface area contributed by atoms with Gasteiger partial charge >= 0.3 is 6.09 Å². The summed E-state index contributed by atoms with van der Waals surface area (Å²) in [6, 6.07) is 14.5. The van der Waals surface area contributed by atoms with E-state index in [4.69, 9.17) is 27.9 Å². The van der Waals surface area contributed by atoms with Crippen molar-refractivity contribution in [2.24, 2.45) is 0 Å². The van der Waals surface area contributed by atoms with Gasteiger partial charge < -0.3 is 10.1 Å². The lowest BCUT2D eigenvalue weighted by molar-refractivity contribution is 0.201. The molecule has 5 nitrogen and oxygen atoms in total. The molecule has 1 heterocycles. The van der Waals surface area contributed by atoms with Crippen LogP contribution in [0.3, 0.4) is 0 Å². The van der Waals surface area contributed by atoms with E-state index in [1.165, 1.54) is 11.1 Å². The van der Waals surface area contributed by atoms with Crippen molar-refractivity contribution in [1.82, 2.24) is 15.1 Å². The Balaban J connectivity index is 1.46. The number of amides is 1. The van der Waals surface area contributed by atoms with Gasteiger partial charge in [-0.3, -0.25) is 4.68 Å². The van der Waals surface area contributed by atoms with Gasteiger partial charge in [-0.05, 0) is 60.2 Å². The van der Waals surface area contributed by atoms with Crippen molar-refractivity contribution in [3.05, 3.63) is 87.7 Å². The zero-order chi connectivity index (χ0) is 20.9. The summed E-state index contributed by atoms with van der Waals surface area (Å²) >= 11 is 12.4. The molecule has 0 saturated carbocycles. The topological polar surface area (TPSA) is 56.2 Å². The Morgan fingerprint density at radius 3 is 2.80 bits per heavy atom. The fourth-order valence-corrected chi connectivity index (χ4v) is 4.05. The molecule has 1 aromatic heterocycles. The minimum Gasteiger partial charge on any atom is -0.410 e. The summed E-state index contributed by atoms with van der Waals surface area (Å²) in [5.41, 5.74) is 4.44. The van der Waals surface area contributed by atoms with Crippen molar-refractivity contribution < 1.29 is 9.53 Å². The quantitative estimate of drug-likeness (QED) is 0.548. The molecule has 0 atom stereocenters. The third-order valence-electron chi connectivity index (χ3n) is 5.00. The molecule has 3 aromatic rings. The molecule has 30 heavy (non-hydrogen) atoms. The largest absolute Gasteiger partial charge is 0.412 e. The van der Waals surface area contributed by atoms with E-state index in [9.17, 15) is 4.79 Å². The van der Waals surface area contributed by atoms with Crippen LogP contribution in [0.2, 0.25) is 10.0 Å². The average molecular weight is 442 g/mol. The average Bonchev–Trinajstić information content (AvgIpc) is 3.14. The van der Waals surface area contributed by atoms with Crippen LogP contribution in [0.15, 0.2) is 60.8 Å². The molecule has 0 saturated heterocycles. The molecular weight excluding hydrogens is 421 g/mol. The van der Waals surface area contributed by atoms with Gasteiger partial charge in [0.1, 0.15) is 5.75 Å². The van der Waals surface area contributed by atoms with E-state index in [0.29, 0.717) is 28.9 Å². The first-order chi connectivity index (χ1) is 14.6. The van der Waals surface area contributed by atoms with Crippen molar-refractivity contribution in [3.63, 3.8) is 0 Å². The number of benzene rings is 2. The number of nitrogens with zero attached hydrogens (tertiary/aromatic N) is 2. The molecule has 4 rings (SSSR count). The molecule has 1 aliphatic carbocycles. The van der Waals surface area contributed by atoms with E-state index in [1.807, 2.05) is 47.3 Å². The summed E-state index contributed by atoms with van der Waals surface area (Å²) in [7, 11) is 0. The number of rotatable bonds is 5. The van der Waals surface area contributed by atoms with Crippen LogP contribution in [0.1, 0.15) is 29.7 Å². The predicted molar refractivity (Wildman–Crippen MR) is 119 cm³/mol. The molecule has 154 valence electrons. The van der Waals surface area contributed by atoms with Gasteiger partial charge in [0.2, 0.25) is 0 Å². The standard InChI is InChI=1S/C23H21Cl2N3O2/c24-19-10-9-18(21(25)13-19)15-28-22-16(5-4-6-17(22)14-27-28)11-12-26-23(29)30-20-7-2-1-3-8-20/h1-3,7-11,13-14H,4-6,12,15H2,(H,26,29)/b16-11+. The van der Waals surface area contributed by atoms with Crippen molar-refractivity contribution in [2.45, 2.75) is 25.8 Å². The molecule has 2 aromatic carbocycles. The number of carbonyl (C=O) groups is 1. The first-order valence-corrected chi connectivity index (χ1v) is 10.5. The van der Waals surface area contributed by atoms with E-state index in [1.54, 1.807) is 18.2 Å². The monoisotopic (exact) mass is 441 g/mol. The lowest BCUT2D eigenvalue weighted by Crippen LogP contribution is -2.27. The summed E-state index contributed by atoms with van der Waals surface area (Å²) in [5.74, 6) is 0.514. The number of aryl methyl sites for hydroxylation is 1. The maximum atomic E-state index is 12.0. The van der Waals surface area contributed by atoms with Crippen LogP contribution in [0.25, 0.3) is 5.57 Å². The molecular formula is C23H21Cl2N3O2. The second-order valence-electron chi connectivity index (χ2n) is 7.08. The van der Waals surface area contributed by atoms with Crippen LogP contribution < -0.4 is 10.1 Å². The van der Waals surface area contributed by atoms with E-state index in [2.05, 4.69) is 10.4 Å². The molecule has 0 aliphatic heterocycles. The molecule has 1 aliphatic rings. The van der Waals surface area contributed by atoms with Gasteiger partial charge in [0.25, 0.3) is 0 Å². The summed E-state index contributed by atoms with van der Waals surface area (Å²) < 4.78 is 7.23. The third kappa shape index (κ3) is 4.86. The Kier molecular flexibility index (Phi) is 6.41. The van der Waals surface area contributed by atoms with Crippen molar-refractivity contribution >= 4 is 34.9 Å². The Hall–Kier alpha value is -2.76. The van der Waals surface area contributed by atoms with E-state index in [-0.39, 0.29) is 0 Å².